The zero-order chi connectivity index (χ0) is 22.8. The summed E-state index contributed by atoms with van der Waals surface area (Å²) in [5, 5.41) is 6.70. The van der Waals surface area contributed by atoms with Gasteiger partial charge in [-0.3, -0.25) is 0 Å². The Morgan fingerprint density at radius 3 is 2.72 bits per heavy atom. The molecule has 1 fully saturated rings. The number of benzene rings is 1. The van der Waals surface area contributed by atoms with E-state index in [4.69, 9.17) is 18.6 Å². The van der Waals surface area contributed by atoms with Gasteiger partial charge in [-0.05, 0) is 71.2 Å². The molecule has 2 aromatic rings. The molecule has 0 saturated carbocycles. The molecule has 1 atom stereocenters. The van der Waals surface area contributed by atoms with Gasteiger partial charge in [0, 0.05) is 25.4 Å². The molecule has 1 aliphatic heterocycles. The summed E-state index contributed by atoms with van der Waals surface area (Å²) in [5.41, 5.74) is 1.81. The summed E-state index contributed by atoms with van der Waals surface area (Å²) in [6, 6.07) is 7.83. The molecule has 1 aromatic heterocycles. The summed E-state index contributed by atoms with van der Waals surface area (Å²) < 4.78 is 22.7. The number of hydrogen-bond donors (Lipinski definition) is 2. The first-order chi connectivity index (χ1) is 15.5. The van der Waals surface area contributed by atoms with Crippen molar-refractivity contribution in [2.24, 2.45) is 4.99 Å². The fourth-order valence-electron chi connectivity index (χ4n) is 3.29. The Labute approximate surface area is 190 Å². The molecule has 8 heteroatoms. The standard InChI is InChI=1S/C24H36N4O4/c1-17(2)31-21-10-8-20(9-11-21)28-24(26-15-23-27-18(3)19(4)32-23)25-12-6-13-29-16-22-7-5-14-30-22/h8-11,17,22H,5-7,12-16H2,1-4H3,(H2,25,26,28). The highest BCUT2D eigenvalue weighted by atomic mass is 16.5. The molecule has 2 N–H and O–H groups in total. The van der Waals surface area contributed by atoms with Gasteiger partial charge in [-0.1, -0.05) is 0 Å². The first-order valence-corrected chi connectivity index (χ1v) is 11.4. The van der Waals surface area contributed by atoms with Crippen molar-refractivity contribution >= 4 is 11.6 Å². The number of oxazole rings is 1. The molecule has 3 rings (SSSR count). The zero-order valence-electron chi connectivity index (χ0n) is 19.6. The normalized spacial score (nSPS) is 16.5. The molecule has 0 spiro atoms. The molecule has 1 unspecified atom stereocenters. The first kappa shape index (κ1) is 24.1. The van der Waals surface area contributed by atoms with Gasteiger partial charge in [-0.2, -0.15) is 0 Å². The van der Waals surface area contributed by atoms with E-state index in [1.54, 1.807) is 0 Å². The first-order valence-electron chi connectivity index (χ1n) is 11.4. The molecule has 1 saturated heterocycles. The summed E-state index contributed by atoms with van der Waals surface area (Å²) in [6.45, 7) is 11.2. The number of aromatic nitrogens is 1. The maximum atomic E-state index is 5.74. The van der Waals surface area contributed by atoms with Crippen molar-refractivity contribution in [3.05, 3.63) is 41.6 Å². The third-order valence-electron chi connectivity index (χ3n) is 5.02. The lowest BCUT2D eigenvalue weighted by Gasteiger charge is -2.14. The van der Waals surface area contributed by atoms with Crippen molar-refractivity contribution in [2.75, 3.05) is 31.7 Å². The maximum absolute atomic E-state index is 5.74. The fraction of sp³-hybridized carbons (Fsp3) is 0.583. The molecule has 1 aromatic carbocycles. The van der Waals surface area contributed by atoms with Gasteiger partial charge in [0.05, 0.1) is 24.5 Å². The molecule has 0 aliphatic carbocycles. The van der Waals surface area contributed by atoms with E-state index in [0.29, 0.717) is 31.6 Å². The lowest BCUT2D eigenvalue weighted by atomic mass is 10.2. The number of ether oxygens (including phenoxy) is 3. The Hall–Kier alpha value is -2.58. The van der Waals surface area contributed by atoms with Gasteiger partial charge in [0.1, 0.15) is 18.1 Å². The van der Waals surface area contributed by atoms with Crippen LogP contribution in [0.5, 0.6) is 5.75 Å². The number of hydrogen-bond acceptors (Lipinski definition) is 6. The minimum Gasteiger partial charge on any atom is -0.491 e. The van der Waals surface area contributed by atoms with Gasteiger partial charge >= 0.3 is 0 Å². The average molecular weight is 445 g/mol. The van der Waals surface area contributed by atoms with E-state index in [1.165, 1.54) is 0 Å². The van der Waals surface area contributed by atoms with Gasteiger partial charge in [-0.25, -0.2) is 9.98 Å². The van der Waals surface area contributed by atoms with E-state index >= 15 is 0 Å². The summed E-state index contributed by atoms with van der Waals surface area (Å²) in [5.74, 6) is 2.92. The number of rotatable bonds is 11. The second-order valence-electron chi connectivity index (χ2n) is 8.22. The van der Waals surface area contributed by atoms with Crippen LogP contribution in [0.1, 0.15) is 50.5 Å². The SMILES string of the molecule is Cc1nc(CN=C(NCCCOCC2CCCO2)Nc2ccc(OC(C)C)cc2)oc1C. The Balaban J connectivity index is 1.51. The minimum absolute atomic E-state index is 0.141. The van der Waals surface area contributed by atoms with Crippen molar-refractivity contribution in [1.82, 2.24) is 10.3 Å². The third kappa shape index (κ3) is 8.16. The van der Waals surface area contributed by atoms with Crippen molar-refractivity contribution in [3.8, 4) is 5.75 Å². The number of aliphatic imine (C=N–C) groups is 1. The Bertz CT molecular complexity index is 823. The Morgan fingerprint density at radius 1 is 1.25 bits per heavy atom. The fourth-order valence-corrected chi connectivity index (χ4v) is 3.29. The molecular weight excluding hydrogens is 408 g/mol. The number of nitrogens with zero attached hydrogens (tertiary/aromatic N) is 2. The van der Waals surface area contributed by atoms with E-state index in [9.17, 15) is 0 Å². The van der Waals surface area contributed by atoms with Crippen LogP contribution in [0.2, 0.25) is 0 Å². The van der Waals surface area contributed by atoms with E-state index in [0.717, 1.165) is 55.3 Å². The summed E-state index contributed by atoms with van der Waals surface area (Å²) >= 11 is 0. The van der Waals surface area contributed by atoms with Crippen molar-refractivity contribution in [1.29, 1.82) is 0 Å². The van der Waals surface area contributed by atoms with Crippen LogP contribution in [0, 0.1) is 13.8 Å². The Kier molecular flexibility index (Phi) is 9.37. The number of aryl methyl sites for hydroxylation is 2. The second-order valence-corrected chi connectivity index (χ2v) is 8.22. The van der Waals surface area contributed by atoms with Gasteiger partial charge in [0.25, 0.3) is 0 Å². The topological polar surface area (TPSA) is 90.1 Å². The predicted octanol–water partition coefficient (Wildman–Crippen LogP) is 4.22. The van der Waals surface area contributed by atoms with E-state index in [2.05, 4.69) is 20.6 Å². The number of nitrogens with one attached hydrogen (secondary N) is 2. The van der Waals surface area contributed by atoms with Crippen LogP contribution in [0.25, 0.3) is 0 Å². The highest BCUT2D eigenvalue weighted by Gasteiger charge is 2.15. The van der Waals surface area contributed by atoms with Crippen LogP contribution in [-0.4, -0.2) is 49.5 Å². The maximum Gasteiger partial charge on any atom is 0.216 e. The van der Waals surface area contributed by atoms with Crippen LogP contribution < -0.4 is 15.4 Å². The summed E-state index contributed by atoms with van der Waals surface area (Å²) in [4.78, 5) is 9.05. The van der Waals surface area contributed by atoms with Gasteiger partial charge in [0.2, 0.25) is 5.89 Å². The zero-order valence-corrected chi connectivity index (χ0v) is 19.6. The predicted molar refractivity (Wildman–Crippen MR) is 125 cm³/mol. The molecule has 2 heterocycles. The van der Waals surface area contributed by atoms with Gasteiger partial charge in [-0.15, -0.1) is 0 Å². The lowest BCUT2D eigenvalue weighted by Crippen LogP contribution is -2.32. The molecular formula is C24H36N4O4. The summed E-state index contributed by atoms with van der Waals surface area (Å²) in [7, 11) is 0. The van der Waals surface area contributed by atoms with Crippen LogP contribution in [0.4, 0.5) is 5.69 Å². The molecule has 0 amide bonds. The lowest BCUT2D eigenvalue weighted by molar-refractivity contribution is 0.0168. The third-order valence-corrected chi connectivity index (χ3v) is 5.02. The van der Waals surface area contributed by atoms with E-state index < -0.39 is 0 Å². The van der Waals surface area contributed by atoms with Crippen LogP contribution >= 0.6 is 0 Å². The second kappa shape index (κ2) is 12.5. The molecule has 0 radical (unpaired) electrons. The number of guanidine groups is 1. The van der Waals surface area contributed by atoms with Crippen LogP contribution in [0.3, 0.4) is 0 Å². The highest BCUT2D eigenvalue weighted by Crippen LogP contribution is 2.17. The average Bonchev–Trinajstić information content (AvgIpc) is 3.39. The largest absolute Gasteiger partial charge is 0.491 e. The van der Waals surface area contributed by atoms with Gasteiger partial charge < -0.3 is 29.3 Å². The molecule has 1 aliphatic rings. The smallest absolute Gasteiger partial charge is 0.216 e. The number of anilines is 1. The summed E-state index contributed by atoms with van der Waals surface area (Å²) in [6.07, 6.45) is 3.50. The molecule has 0 bridgehead atoms. The van der Waals surface area contributed by atoms with Gasteiger partial charge in [0.15, 0.2) is 5.96 Å². The molecule has 176 valence electrons. The van der Waals surface area contributed by atoms with Crippen molar-refractivity contribution < 1.29 is 18.6 Å². The highest BCUT2D eigenvalue weighted by molar-refractivity contribution is 5.93. The minimum atomic E-state index is 0.141. The molecule has 32 heavy (non-hydrogen) atoms. The van der Waals surface area contributed by atoms with E-state index in [-0.39, 0.29) is 12.2 Å². The van der Waals surface area contributed by atoms with Crippen molar-refractivity contribution in [2.45, 2.75) is 65.7 Å². The molecule has 8 nitrogen and oxygen atoms in total. The van der Waals surface area contributed by atoms with Crippen molar-refractivity contribution in [3.63, 3.8) is 0 Å². The van der Waals surface area contributed by atoms with Crippen LogP contribution in [0.15, 0.2) is 33.7 Å². The quantitative estimate of drug-likeness (QED) is 0.305. The monoisotopic (exact) mass is 444 g/mol. The van der Waals surface area contributed by atoms with E-state index in [1.807, 2.05) is 52.0 Å². The Morgan fingerprint density at radius 2 is 2.06 bits per heavy atom. The van der Waals surface area contributed by atoms with Crippen LogP contribution in [-0.2, 0) is 16.0 Å².